The van der Waals surface area contributed by atoms with Crippen molar-refractivity contribution >= 4 is 21.1 Å². The number of likely N-dealkylation sites (N-methyl/N-ethyl adjacent to an activating group) is 1. The van der Waals surface area contributed by atoms with Crippen molar-refractivity contribution in [3.63, 3.8) is 0 Å². The van der Waals surface area contributed by atoms with Crippen LogP contribution in [0.2, 0.25) is 0 Å². The Morgan fingerprint density at radius 2 is 1.73 bits per heavy atom. The molecule has 2 heterocycles. The molecule has 7 nitrogen and oxygen atoms in total. The van der Waals surface area contributed by atoms with Crippen molar-refractivity contribution in [2.45, 2.75) is 10.9 Å². The number of piperazine rings is 1. The second-order valence-corrected chi connectivity index (χ2v) is 8.48. The lowest BCUT2D eigenvalue weighted by Gasteiger charge is -2.39. The summed E-state index contributed by atoms with van der Waals surface area (Å²) in [5, 5.41) is 0. The van der Waals surface area contributed by atoms with Gasteiger partial charge in [-0.05, 0) is 30.8 Å². The van der Waals surface area contributed by atoms with Gasteiger partial charge >= 0.3 is 5.69 Å². The van der Waals surface area contributed by atoms with Crippen LogP contribution < -0.4 is 5.69 Å². The van der Waals surface area contributed by atoms with Gasteiger partial charge in [0.1, 0.15) is 0 Å². The number of hydrogen-bond donors (Lipinski definition) is 2. The normalized spacial score (nSPS) is 19.8. The van der Waals surface area contributed by atoms with E-state index in [1.807, 2.05) is 37.4 Å². The maximum Gasteiger partial charge on any atom is 0.323 e. The maximum atomic E-state index is 13.3. The standard InChI is InChI=1S/C18H20N4O3S/c1-21-9-10-22(17(12-21)13-5-3-2-4-6-13)26(24,25)14-7-8-15-16(11-14)20-18(23)19-15/h2-8,11,17H,9-10,12H2,1H3,(H2,19,20,23)/t17-/m0/s1. The van der Waals surface area contributed by atoms with E-state index in [0.29, 0.717) is 30.7 Å². The van der Waals surface area contributed by atoms with Gasteiger partial charge in [0, 0.05) is 19.6 Å². The fourth-order valence-electron chi connectivity index (χ4n) is 3.44. The molecule has 1 aromatic heterocycles. The number of benzene rings is 2. The van der Waals surface area contributed by atoms with Crippen LogP contribution >= 0.6 is 0 Å². The fourth-order valence-corrected chi connectivity index (χ4v) is 5.07. The van der Waals surface area contributed by atoms with Crippen molar-refractivity contribution in [2.24, 2.45) is 0 Å². The van der Waals surface area contributed by atoms with E-state index in [0.717, 1.165) is 5.56 Å². The van der Waals surface area contributed by atoms with Crippen LogP contribution in [-0.2, 0) is 10.0 Å². The second-order valence-electron chi connectivity index (χ2n) is 6.59. The number of fused-ring (bicyclic) bond motifs is 1. The van der Waals surface area contributed by atoms with Gasteiger partial charge in [-0.1, -0.05) is 30.3 Å². The van der Waals surface area contributed by atoms with Crippen LogP contribution in [-0.4, -0.2) is 54.3 Å². The molecular weight excluding hydrogens is 352 g/mol. The molecule has 26 heavy (non-hydrogen) atoms. The van der Waals surface area contributed by atoms with Gasteiger partial charge in [0.15, 0.2) is 0 Å². The van der Waals surface area contributed by atoms with E-state index in [9.17, 15) is 13.2 Å². The average Bonchev–Trinajstić information content (AvgIpc) is 3.01. The first-order valence-corrected chi connectivity index (χ1v) is 9.86. The van der Waals surface area contributed by atoms with Crippen LogP contribution in [0.4, 0.5) is 0 Å². The molecule has 1 fully saturated rings. The molecule has 3 aromatic rings. The molecule has 1 saturated heterocycles. The summed E-state index contributed by atoms with van der Waals surface area (Å²) in [6.07, 6.45) is 0. The number of sulfonamides is 1. The zero-order valence-corrected chi connectivity index (χ0v) is 15.2. The quantitative estimate of drug-likeness (QED) is 0.730. The highest BCUT2D eigenvalue weighted by Crippen LogP contribution is 2.31. The van der Waals surface area contributed by atoms with Crippen LogP contribution in [0.15, 0.2) is 58.2 Å². The van der Waals surface area contributed by atoms with Gasteiger partial charge in [0.25, 0.3) is 0 Å². The largest absolute Gasteiger partial charge is 0.323 e. The third kappa shape index (κ3) is 2.96. The lowest BCUT2D eigenvalue weighted by molar-refractivity contribution is 0.161. The Balaban J connectivity index is 1.77. The molecular formula is C18H20N4O3S. The smallest absolute Gasteiger partial charge is 0.306 e. The molecule has 0 amide bonds. The summed E-state index contributed by atoms with van der Waals surface area (Å²) in [5.74, 6) is 0. The molecule has 1 aliphatic rings. The van der Waals surface area contributed by atoms with E-state index in [1.54, 1.807) is 16.4 Å². The second kappa shape index (κ2) is 6.39. The van der Waals surface area contributed by atoms with Crippen molar-refractivity contribution in [2.75, 3.05) is 26.7 Å². The number of hydrogen-bond acceptors (Lipinski definition) is 4. The van der Waals surface area contributed by atoms with Crippen molar-refractivity contribution in [3.05, 3.63) is 64.6 Å². The first kappa shape index (κ1) is 17.0. The lowest BCUT2D eigenvalue weighted by atomic mass is 10.1. The molecule has 8 heteroatoms. The molecule has 0 bridgehead atoms. The van der Waals surface area contributed by atoms with Crippen LogP contribution in [0.3, 0.4) is 0 Å². The summed E-state index contributed by atoms with van der Waals surface area (Å²) >= 11 is 0. The van der Waals surface area contributed by atoms with Crippen molar-refractivity contribution in [1.82, 2.24) is 19.2 Å². The van der Waals surface area contributed by atoms with E-state index in [1.165, 1.54) is 6.07 Å². The average molecular weight is 372 g/mol. The maximum absolute atomic E-state index is 13.3. The Hall–Kier alpha value is -2.42. The van der Waals surface area contributed by atoms with Crippen molar-refractivity contribution in [3.8, 4) is 0 Å². The SMILES string of the molecule is CN1CCN(S(=O)(=O)c2ccc3[nH]c(=O)[nH]c3c2)[C@H](c2ccccc2)C1. The number of aromatic nitrogens is 2. The van der Waals surface area contributed by atoms with Gasteiger partial charge in [-0.25, -0.2) is 13.2 Å². The summed E-state index contributed by atoms with van der Waals surface area (Å²) in [7, 11) is -1.70. The summed E-state index contributed by atoms with van der Waals surface area (Å²) < 4.78 is 28.2. The Bertz CT molecular complexity index is 1090. The molecule has 0 unspecified atom stereocenters. The minimum Gasteiger partial charge on any atom is -0.306 e. The molecule has 0 spiro atoms. The topological polar surface area (TPSA) is 89.3 Å². The molecule has 0 radical (unpaired) electrons. The van der Waals surface area contributed by atoms with Crippen LogP contribution in [0.1, 0.15) is 11.6 Å². The van der Waals surface area contributed by atoms with E-state index >= 15 is 0 Å². The summed E-state index contributed by atoms with van der Waals surface area (Å²) in [6, 6.07) is 14.1. The number of imidazole rings is 1. The van der Waals surface area contributed by atoms with E-state index in [-0.39, 0.29) is 16.6 Å². The summed E-state index contributed by atoms with van der Waals surface area (Å²) in [5.41, 5.74) is 1.70. The van der Waals surface area contributed by atoms with Gasteiger partial charge < -0.3 is 14.9 Å². The third-order valence-corrected chi connectivity index (χ3v) is 6.72. The fraction of sp³-hybridized carbons (Fsp3) is 0.278. The van der Waals surface area contributed by atoms with E-state index in [4.69, 9.17) is 0 Å². The number of aromatic amines is 2. The monoisotopic (exact) mass is 372 g/mol. The Kier molecular flexibility index (Phi) is 4.18. The van der Waals surface area contributed by atoms with Gasteiger partial charge in [0.05, 0.1) is 22.0 Å². The van der Waals surface area contributed by atoms with Crippen molar-refractivity contribution in [1.29, 1.82) is 0 Å². The van der Waals surface area contributed by atoms with Gasteiger partial charge in [0.2, 0.25) is 10.0 Å². The molecule has 1 atom stereocenters. The highest BCUT2D eigenvalue weighted by atomic mass is 32.2. The minimum atomic E-state index is -3.69. The van der Waals surface area contributed by atoms with Gasteiger partial charge in [-0.3, -0.25) is 0 Å². The zero-order chi connectivity index (χ0) is 18.3. The molecule has 2 N–H and O–H groups in total. The van der Waals surface area contributed by atoms with Gasteiger partial charge in [-0.2, -0.15) is 4.31 Å². The zero-order valence-electron chi connectivity index (χ0n) is 14.3. The number of nitrogens with one attached hydrogen (secondary N) is 2. The Labute approximate surface area is 151 Å². The lowest BCUT2D eigenvalue weighted by Crippen LogP contribution is -2.49. The predicted molar refractivity (Wildman–Crippen MR) is 99.5 cm³/mol. The summed E-state index contributed by atoms with van der Waals surface area (Å²) in [4.78, 5) is 19.0. The van der Waals surface area contributed by atoms with Crippen LogP contribution in [0.25, 0.3) is 11.0 Å². The van der Waals surface area contributed by atoms with Gasteiger partial charge in [-0.15, -0.1) is 0 Å². The first-order chi connectivity index (χ1) is 12.4. The Morgan fingerprint density at radius 1 is 1.00 bits per heavy atom. The molecule has 0 aliphatic carbocycles. The number of rotatable bonds is 3. The molecule has 4 rings (SSSR count). The summed E-state index contributed by atoms with van der Waals surface area (Å²) in [6.45, 7) is 1.72. The number of nitrogens with zero attached hydrogens (tertiary/aromatic N) is 2. The number of H-pyrrole nitrogens is 2. The molecule has 2 aromatic carbocycles. The van der Waals surface area contributed by atoms with Crippen molar-refractivity contribution < 1.29 is 8.42 Å². The molecule has 136 valence electrons. The first-order valence-electron chi connectivity index (χ1n) is 8.42. The Morgan fingerprint density at radius 3 is 2.50 bits per heavy atom. The van der Waals surface area contributed by atoms with E-state index in [2.05, 4.69) is 14.9 Å². The highest BCUT2D eigenvalue weighted by molar-refractivity contribution is 7.89. The minimum absolute atomic E-state index is 0.186. The van der Waals surface area contributed by atoms with Crippen LogP contribution in [0.5, 0.6) is 0 Å². The predicted octanol–water partition coefficient (Wildman–Crippen LogP) is 1.53. The molecule has 1 aliphatic heterocycles. The highest BCUT2D eigenvalue weighted by Gasteiger charge is 2.36. The van der Waals surface area contributed by atoms with E-state index < -0.39 is 10.0 Å². The third-order valence-electron chi connectivity index (χ3n) is 4.81. The van der Waals surface area contributed by atoms with Crippen LogP contribution in [0, 0.1) is 0 Å². The molecule has 0 saturated carbocycles.